The fourth-order valence-electron chi connectivity index (χ4n) is 3.18. The van der Waals surface area contributed by atoms with Crippen molar-refractivity contribution in [2.45, 2.75) is 19.1 Å². The molecule has 0 bridgehead atoms. The molecule has 1 aliphatic rings. The lowest BCUT2D eigenvalue weighted by atomic mass is 10.00. The summed E-state index contributed by atoms with van der Waals surface area (Å²) in [5, 5.41) is 10.2. The Balaban J connectivity index is 1.31. The molecule has 3 rings (SSSR count). The van der Waals surface area contributed by atoms with E-state index in [1.54, 1.807) is 0 Å². The Kier molecular flexibility index (Phi) is 6.87. The van der Waals surface area contributed by atoms with Crippen LogP contribution < -0.4 is 9.64 Å². The molecule has 0 aliphatic carbocycles. The van der Waals surface area contributed by atoms with Gasteiger partial charge in [-0.15, -0.1) is 0 Å². The third kappa shape index (κ3) is 5.82. The van der Waals surface area contributed by atoms with Gasteiger partial charge in [-0.2, -0.15) is 0 Å². The lowest BCUT2D eigenvalue weighted by molar-refractivity contribution is -0.919. The SMILES string of the molecule is O[C@H](COCCOc1ccc(Br)cc1)C[NH+]1CCc2ccccc2C1. The minimum atomic E-state index is -0.437. The van der Waals surface area contributed by atoms with Crippen molar-refractivity contribution in [3.05, 3.63) is 64.1 Å². The molecule has 0 radical (unpaired) electrons. The van der Waals surface area contributed by atoms with Crippen molar-refractivity contribution in [3.63, 3.8) is 0 Å². The van der Waals surface area contributed by atoms with Crippen molar-refractivity contribution in [2.24, 2.45) is 0 Å². The van der Waals surface area contributed by atoms with Crippen LogP contribution in [-0.4, -0.2) is 44.1 Å². The van der Waals surface area contributed by atoms with Crippen molar-refractivity contribution in [2.75, 3.05) is 32.9 Å². The molecule has 0 amide bonds. The fourth-order valence-corrected chi connectivity index (χ4v) is 3.44. The number of fused-ring (bicyclic) bond motifs is 1. The maximum absolute atomic E-state index is 10.2. The predicted octanol–water partition coefficient (Wildman–Crippen LogP) is 1.85. The molecule has 0 aromatic heterocycles. The lowest BCUT2D eigenvalue weighted by Gasteiger charge is -2.27. The molecule has 0 fully saturated rings. The van der Waals surface area contributed by atoms with Gasteiger partial charge in [-0.25, -0.2) is 0 Å². The van der Waals surface area contributed by atoms with E-state index in [0.717, 1.165) is 36.3 Å². The van der Waals surface area contributed by atoms with Gasteiger partial charge in [0, 0.05) is 16.5 Å². The molecule has 0 saturated carbocycles. The third-order valence-corrected chi connectivity index (χ3v) is 4.98. The van der Waals surface area contributed by atoms with Crippen LogP contribution in [0.25, 0.3) is 0 Å². The summed E-state index contributed by atoms with van der Waals surface area (Å²) in [4.78, 5) is 1.42. The van der Waals surface area contributed by atoms with Crippen LogP contribution in [-0.2, 0) is 17.7 Å². The molecule has 5 heteroatoms. The number of rotatable bonds is 8. The van der Waals surface area contributed by atoms with Gasteiger partial charge in [0.15, 0.2) is 0 Å². The number of nitrogens with one attached hydrogen (secondary N) is 1. The maximum atomic E-state index is 10.2. The van der Waals surface area contributed by atoms with Gasteiger partial charge in [-0.3, -0.25) is 0 Å². The molecule has 1 heterocycles. The Labute approximate surface area is 157 Å². The summed E-state index contributed by atoms with van der Waals surface area (Å²) in [6.45, 7) is 4.10. The Hall–Kier alpha value is -1.40. The zero-order chi connectivity index (χ0) is 17.5. The van der Waals surface area contributed by atoms with E-state index in [0.29, 0.717) is 19.8 Å². The fraction of sp³-hybridized carbons (Fsp3) is 0.400. The topological polar surface area (TPSA) is 43.1 Å². The van der Waals surface area contributed by atoms with Crippen molar-refractivity contribution in [3.8, 4) is 5.75 Å². The predicted molar refractivity (Wildman–Crippen MR) is 101 cm³/mol. The number of hydrogen-bond acceptors (Lipinski definition) is 3. The number of hydrogen-bond donors (Lipinski definition) is 2. The van der Waals surface area contributed by atoms with Gasteiger partial charge in [0.05, 0.1) is 19.8 Å². The first-order chi connectivity index (χ1) is 12.2. The average Bonchev–Trinajstić information content (AvgIpc) is 2.63. The van der Waals surface area contributed by atoms with E-state index in [2.05, 4.69) is 40.2 Å². The number of benzene rings is 2. The van der Waals surface area contributed by atoms with Crippen LogP contribution in [0, 0.1) is 0 Å². The number of aliphatic hydroxyl groups is 1. The van der Waals surface area contributed by atoms with E-state index in [4.69, 9.17) is 9.47 Å². The highest BCUT2D eigenvalue weighted by Gasteiger charge is 2.21. The summed E-state index contributed by atoms with van der Waals surface area (Å²) in [7, 11) is 0. The zero-order valence-corrected chi connectivity index (χ0v) is 15.9. The van der Waals surface area contributed by atoms with E-state index in [1.807, 2.05) is 24.3 Å². The standard InChI is InChI=1S/C20H24BrNO3/c21-18-5-7-20(8-6-18)25-12-11-24-15-19(23)14-22-10-9-16-3-1-2-4-17(16)13-22/h1-8,19,23H,9-15H2/p+1/t19-/m0/s1. The van der Waals surface area contributed by atoms with Gasteiger partial charge in [-0.1, -0.05) is 40.2 Å². The van der Waals surface area contributed by atoms with E-state index < -0.39 is 6.10 Å². The third-order valence-electron chi connectivity index (χ3n) is 4.45. The molecule has 4 nitrogen and oxygen atoms in total. The van der Waals surface area contributed by atoms with Crippen LogP contribution in [0.4, 0.5) is 0 Å². The van der Waals surface area contributed by atoms with Gasteiger partial charge in [0.2, 0.25) is 0 Å². The normalized spacial score (nSPS) is 17.8. The monoisotopic (exact) mass is 406 g/mol. The zero-order valence-electron chi connectivity index (χ0n) is 14.3. The molecule has 25 heavy (non-hydrogen) atoms. The van der Waals surface area contributed by atoms with Crippen LogP contribution in [0.15, 0.2) is 53.0 Å². The van der Waals surface area contributed by atoms with Gasteiger partial charge in [0.25, 0.3) is 0 Å². The summed E-state index contributed by atoms with van der Waals surface area (Å²) >= 11 is 3.39. The summed E-state index contributed by atoms with van der Waals surface area (Å²) in [6.07, 6.45) is 0.646. The minimum Gasteiger partial charge on any atom is -0.491 e. The van der Waals surface area contributed by atoms with Crippen molar-refractivity contribution >= 4 is 15.9 Å². The largest absolute Gasteiger partial charge is 0.491 e. The van der Waals surface area contributed by atoms with Crippen molar-refractivity contribution in [1.29, 1.82) is 0 Å². The minimum absolute atomic E-state index is 0.356. The van der Waals surface area contributed by atoms with Crippen LogP contribution in [0.2, 0.25) is 0 Å². The second-order valence-corrected chi connectivity index (χ2v) is 7.35. The summed E-state index contributed by atoms with van der Waals surface area (Å²) in [6, 6.07) is 16.3. The molecule has 2 aromatic rings. The molecule has 1 aliphatic heterocycles. The van der Waals surface area contributed by atoms with Crippen molar-refractivity contribution in [1.82, 2.24) is 0 Å². The van der Waals surface area contributed by atoms with Crippen LogP contribution >= 0.6 is 15.9 Å². The van der Waals surface area contributed by atoms with E-state index >= 15 is 0 Å². The Morgan fingerprint density at radius 3 is 2.60 bits per heavy atom. The summed E-state index contributed by atoms with van der Waals surface area (Å²) in [5.41, 5.74) is 2.85. The maximum Gasteiger partial charge on any atom is 0.126 e. The van der Waals surface area contributed by atoms with E-state index in [1.165, 1.54) is 16.0 Å². The Bertz CT molecular complexity index is 662. The van der Waals surface area contributed by atoms with Gasteiger partial charge < -0.3 is 19.5 Å². The molecule has 2 aromatic carbocycles. The molecular formula is C20H25BrNO3+. The van der Waals surface area contributed by atoms with E-state index in [-0.39, 0.29) is 0 Å². The quantitative estimate of drug-likeness (QED) is 0.657. The highest BCUT2D eigenvalue weighted by atomic mass is 79.9. The van der Waals surface area contributed by atoms with Gasteiger partial charge in [-0.05, 0) is 29.8 Å². The van der Waals surface area contributed by atoms with Crippen LogP contribution in [0.1, 0.15) is 11.1 Å². The molecule has 2 N–H and O–H groups in total. The molecule has 1 unspecified atom stereocenters. The molecular weight excluding hydrogens is 382 g/mol. The number of aliphatic hydroxyl groups excluding tert-OH is 1. The van der Waals surface area contributed by atoms with E-state index in [9.17, 15) is 5.11 Å². The van der Waals surface area contributed by atoms with Crippen LogP contribution in [0.3, 0.4) is 0 Å². The number of quaternary nitrogens is 1. The summed E-state index contributed by atoms with van der Waals surface area (Å²) in [5.74, 6) is 0.823. The van der Waals surface area contributed by atoms with Gasteiger partial charge in [0.1, 0.15) is 31.5 Å². The Morgan fingerprint density at radius 2 is 1.80 bits per heavy atom. The highest BCUT2D eigenvalue weighted by Crippen LogP contribution is 2.15. The average molecular weight is 407 g/mol. The molecule has 2 atom stereocenters. The molecule has 0 saturated heterocycles. The smallest absolute Gasteiger partial charge is 0.126 e. The highest BCUT2D eigenvalue weighted by molar-refractivity contribution is 9.10. The second kappa shape index (κ2) is 9.34. The van der Waals surface area contributed by atoms with Crippen molar-refractivity contribution < 1.29 is 19.5 Å². The molecule has 134 valence electrons. The number of halogens is 1. The lowest BCUT2D eigenvalue weighted by Crippen LogP contribution is -3.12. The summed E-state index contributed by atoms with van der Waals surface area (Å²) < 4.78 is 12.2. The Morgan fingerprint density at radius 1 is 1.04 bits per heavy atom. The first kappa shape index (κ1) is 18.4. The number of ether oxygens (including phenoxy) is 2. The molecule has 0 spiro atoms. The first-order valence-electron chi connectivity index (χ1n) is 8.75. The first-order valence-corrected chi connectivity index (χ1v) is 9.54. The second-order valence-electron chi connectivity index (χ2n) is 6.43. The van der Waals surface area contributed by atoms with Gasteiger partial charge >= 0.3 is 0 Å². The van der Waals surface area contributed by atoms with Crippen LogP contribution in [0.5, 0.6) is 5.75 Å².